The van der Waals surface area contributed by atoms with E-state index in [4.69, 9.17) is 14.2 Å². The van der Waals surface area contributed by atoms with Gasteiger partial charge in [0.05, 0.1) is 27.0 Å². The molecule has 0 aliphatic carbocycles. The van der Waals surface area contributed by atoms with E-state index in [1.165, 1.54) is 0 Å². The van der Waals surface area contributed by atoms with Crippen molar-refractivity contribution in [1.29, 1.82) is 0 Å². The van der Waals surface area contributed by atoms with E-state index in [-0.39, 0.29) is 0 Å². The van der Waals surface area contributed by atoms with E-state index in [2.05, 4.69) is 20.6 Å². The Balaban J connectivity index is 1.74. The number of anilines is 3. The van der Waals surface area contributed by atoms with Gasteiger partial charge in [0, 0.05) is 24.4 Å². The maximum Gasteiger partial charge on any atom is 0.229 e. The molecule has 1 heterocycles. The first-order valence-electron chi connectivity index (χ1n) is 8.41. The molecule has 0 spiro atoms. The number of nitrogens with one attached hydrogen (secondary N) is 2. The Morgan fingerprint density at radius 3 is 2.48 bits per heavy atom. The van der Waals surface area contributed by atoms with Crippen LogP contribution in [0.25, 0.3) is 0 Å². The molecule has 0 fully saturated rings. The summed E-state index contributed by atoms with van der Waals surface area (Å²) in [4.78, 5) is 8.77. The minimum absolute atomic E-state index is 0.451. The number of methoxy groups -OCH3 is 3. The molecule has 2 N–H and O–H groups in total. The molecule has 0 amide bonds. The van der Waals surface area contributed by atoms with Gasteiger partial charge in [0.15, 0.2) is 0 Å². The third-order valence-electron chi connectivity index (χ3n) is 3.96. The fraction of sp³-hybridized carbons (Fsp3) is 0.200. The van der Waals surface area contributed by atoms with Crippen LogP contribution in [-0.4, -0.2) is 31.3 Å². The van der Waals surface area contributed by atoms with Crippen molar-refractivity contribution in [2.45, 2.75) is 6.54 Å². The molecule has 0 bridgehead atoms. The van der Waals surface area contributed by atoms with E-state index >= 15 is 0 Å². The minimum atomic E-state index is 0.451. The molecular formula is C20H22N4O3. The monoisotopic (exact) mass is 366 g/mol. The van der Waals surface area contributed by atoms with Crippen molar-refractivity contribution in [3.63, 3.8) is 0 Å². The molecule has 3 rings (SSSR count). The van der Waals surface area contributed by atoms with Gasteiger partial charge in [-0.15, -0.1) is 0 Å². The fourth-order valence-corrected chi connectivity index (χ4v) is 2.58. The summed E-state index contributed by atoms with van der Waals surface area (Å²) in [5, 5.41) is 6.45. The normalized spacial score (nSPS) is 10.2. The number of benzene rings is 2. The van der Waals surface area contributed by atoms with Crippen LogP contribution in [0.4, 0.5) is 17.5 Å². The Bertz CT molecular complexity index is 902. The highest BCUT2D eigenvalue weighted by Crippen LogP contribution is 2.30. The molecule has 1 aromatic heterocycles. The maximum atomic E-state index is 5.38. The summed E-state index contributed by atoms with van der Waals surface area (Å²) < 4.78 is 16.0. The molecule has 3 aromatic rings. The predicted octanol–water partition coefficient (Wildman–Crippen LogP) is 3.86. The van der Waals surface area contributed by atoms with E-state index < -0.39 is 0 Å². The van der Waals surface area contributed by atoms with Crippen LogP contribution in [0.15, 0.2) is 54.7 Å². The minimum Gasteiger partial charge on any atom is -0.497 e. The van der Waals surface area contributed by atoms with Crippen LogP contribution in [0.2, 0.25) is 0 Å². The topological polar surface area (TPSA) is 77.5 Å². The van der Waals surface area contributed by atoms with E-state index in [0.717, 1.165) is 17.0 Å². The lowest BCUT2D eigenvalue weighted by Crippen LogP contribution is -2.05. The molecule has 0 unspecified atom stereocenters. The summed E-state index contributed by atoms with van der Waals surface area (Å²) >= 11 is 0. The molecule has 2 aromatic carbocycles. The summed E-state index contributed by atoms with van der Waals surface area (Å²) in [7, 11) is 4.89. The van der Waals surface area contributed by atoms with E-state index in [9.17, 15) is 0 Å². The molecule has 27 heavy (non-hydrogen) atoms. The average molecular weight is 366 g/mol. The van der Waals surface area contributed by atoms with Crippen molar-refractivity contribution in [2.24, 2.45) is 0 Å². The van der Waals surface area contributed by atoms with Gasteiger partial charge < -0.3 is 24.8 Å². The highest BCUT2D eigenvalue weighted by atomic mass is 16.5. The SMILES string of the molecule is COc1ccc(OC)c(Nc2nccc(NCc3ccccc3OC)n2)c1. The van der Waals surface area contributed by atoms with Gasteiger partial charge >= 0.3 is 0 Å². The van der Waals surface area contributed by atoms with Crippen molar-refractivity contribution < 1.29 is 14.2 Å². The Morgan fingerprint density at radius 2 is 1.70 bits per heavy atom. The molecule has 7 nitrogen and oxygen atoms in total. The van der Waals surface area contributed by atoms with Crippen LogP contribution in [0.3, 0.4) is 0 Å². The summed E-state index contributed by atoms with van der Waals surface area (Å²) in [5.74, 6) is 3.36. The number of rotatable bonds is 8. The zero-order chi connectivity index (χ0) is 19.1. The first kappa shape index (κ1) is 18.3. The predicted molar refractivity (Wildman–Crippen MR) is 105 cm³/mol. The van der Waals surface area contributed by atoms with E-state index in [1.54, 1.807) is 27.5 Å². The summed E-state index contributed by atoms with van der Waals surface area (Å²) in [5.41, 5.74) is 1.77. The second-order valence-electron chi connectivity index (χ2n) is 5.62. The first-order chi connectivity index (χ1) is 13.2. The fourth-order valence-electron chi connectivity index (χ4n) is 2.58. The van der Waals surface area contributed by atoms with Crippen molar-refractivity contribution in [2.75, 3.05) is 32.0 Å². The van der Waals surface area contributed by atoms with Gasteiger partial charge in [-0.05, 0) is 24.3 Å². The summed E-state index contributed by atoms with van der Waals surface area (Å²) in [6.45, 7) is 0.586. The Labute approximate surface area is 158 Å². The maximum absolute atomic E-state index is 5.38. The van der Waals surface area contributed by atoms with Gasteiger partial charge in [-0.1, -0.05) is 18.2 Å². The van der Waals surface area contributed by atoms with Gasteiger partial charge in [0.25, 0.3) is 0 Å². The lowest BCUT2D eigenvalue weighted by Gasteiger charge is -2.13. The summed E-state index contributed by atoms with van der Waals surface area (Å²) in [6.07, 6.45) is 1.69. The molecule has 0 radical (unpaired) electrons. The van der Waals surface area contributed by atoms with Gasteiger partial charge in [-0.2, -0.15) is 4.98 Å². The second kappa shape index (κ2) is 8.75. The number of hydrogen-bond acceptors (Lipinski definition) is 7. The van der Waals surface area contributed by atoms with Crippen LogP contribution in [0.5, 0.6) is 17.2 Å². The number of ether oxygens (including phenoxy) is 3. The third-order valence-corrected chi connectivity index (χ3v) is 3.96. The molecule has 0 saturated carbocycles. The largest absolute Gasteiger partial charge is 0.497 e. The molecule has 7 heteroatoms. The van der Waals surface area contributed by atoms with Gasteiger partial charge in [0.2, 0.25) is 5.95 Å². The number of aromatic nitrogens is 2. The third kappa shape index (κ3) is 4.58. The van der Waals surface area contributed by atoms with Crippen LogP contribution in [-0.2, 0) is 6.54 Å². The van der Waals surface area contributed by atoms with Crippen LogP contribution >= 0.6 is 0 Å². The highest BCUT2D eigenvalue weighted by Gasteiger charge is 2.08. The molecule has 140 valence electrons. The zero-order valence-electron chi connectivity index (χ0n) is 15.5. The van der Waals surface area contributed by atoms with E-state index in [0.29, 0.717) is 29.8 Å². The van der Waals surface area contributed by atoms with Crippen molar-refractivity contribution in [3.8, 4) is 17.2 Å². The molecule has 0 atom stereocenters. The van der Waals surface area contributed by atoms with Crippen molar-refractivity contribution in [1.82, 2.24) is 9.97 Å². The molecule has 0 aliphatic heterocycles. The lowest BCUT2D eigenvalue weighted by atomic mass is 10.2. The number of para-hydroxylation sites is 1. The zero-order valence-corrected chi connectivity index (χ0v) is 15.5. The Morgan fingerprint density at radius 1 is 0.889 bits per heavy atom. The molecule has 0 saturated heterocycles. The van der Waals surface area contributed by atoms with Gasteiger partial charge in [0.1, 0.15) is 23.1 Å². The van der Waals surface area contributed by atoms with Crippen LogP contribution in [0.1, 0.15) is 5.56 Å². The molecular weight excluding hydrogens is 344 g/mol. The molecule has 0 aliphatic rings. The smallest absolute Gasteiger partial charge is 0.229 e. The summed E-state index contributed by atoms with van der Waals surface area (Å²) in [6, 6.07) is 15.1. The lowest BCUT2D eigenvalue weighted by molar-refractivity contribution is 0.405. The number of hydrogen-bond donors (Lipinski definition) is 2. The standard InChI is InChI=1S/C20H22N4O3/c1-25-15-8-9-18(27-3)16(12-15)23-20-21-11-10-19(24-20)22-13-14-6-4-5-7-17(14)26-2/h4-12H,13H2,1-3H3,(H2,21,22,23,24). The van der Waals surface area contributed by atoms with Gasteiger partial charge in [-0.3, -0.25) is 0 Å². The highest BCUT2D eigenvalue weighted by molar-refractivity contribution is 5.65. The van der Waals surface area contributed by atoms with Gasteiger partial charge in [-0.25, -0.2) is 4.98 Å². The quantitative estimate of drug-likeness (QED) is 0.627. The van der Waals surface area contributed by atoms with Crippen molar-refractivity contribution >= 4 is 17.5 Å². The first-order valence-corrected chi connectivity index (χ1v) is 8.41. The van der Waals surface area contributed by atoms with Crippen LogP contribution in [0, 0.1) is 0 Å². The van der Waals surface area contributed by atoms with E-state index in [1.807, 2.05) is 48.5 Å². The Kier molecular flexibility index (Phi) is 5.94. The Hall–Kier alpha value is -3.48. The average Bonchev–Trinajstić information content (AvgIpc) is 2.72. The van der Waals surface area contributed by atoms with Crippen LogP contribution < -0.4 is 24.8 Å². The number of nitrogens with zero attached hydrogens (tertiary/aromatic N) is 2. The van der Waals surface area contributed by atoms with Crippen molar-refractivity contribution in [3.05, 3.63) is 60.3 Å². The second-order valence-corrected chi connectivity index (χ2v) is 5.62.